The van der Waals surface area contributed by atoms with Gasteiger partial charge in [-0.2, -0.15) is 0 Å². The van der Waals surface area contributed by atoms with Gasteiger partial charge in [0.2, 0.25) is 0 Å². The van der Waals surface area contributed by atoms with E-state index in [1.165, 1.54) is 5.56 Å². The number of nitrogens with one attached hydrogen (secondary N) is 1. The Morgan fingerprint density at radius 3 is 2.85 bits per heavy atom. The van der Waals surface area contributed by atoms with Gasteiger partial charge in [0, 0.05) is 18.0 Å². The minimum absolute atomic E-state index is 0.301. The molecule has 3 atom stereocenters. The van der Waals surface area contributed by atoms with Gasteiger partial charge >= 0.3 is 0 Å². The Bertz CT molecular complexity index is 433. The van der Waals surface area contributed by atoms with Gasteiger partial charge in [0.05, 0.1) is 7.11 Å². The van der Waals surface area contributed by atoms with Gasteiger partial charge in [0.15, 0.2) is 0 Å². The summed E-state index contributed by atoms with van der Waals surface area (Å²) < 4.78 is 11.5. The van der Waals surface area contributed by atoms with Crippen LogP contribution in [0, 0.1) is 5.92 Å². The maximum absolute atomic E-state index is 6.20. The Morgan fingerprint density at radius 2 is 2.20 bits per heavy atom. The SMILES string of the molecule is CCCNC1CC(C(C)CC)Oc2ccc(OC)cc21. The Morgan fingerprint density at radius 1 is 1.40 bits per heavy atom. The summed E-state index contributed by atoms with van der Waals surface area (Å²) in [6.07, 6.45) is 3.63. The summed E-state index contributed by atoms with van der Waals surface area (Å²) in [7, 11) is 1.71. The predicted molar refractivity (Wildman–Crippen MR) is 82.5 cm³/mol. The second-order valence-corrected chi connectivity index (χ2v) is 5.69. The third-order valence-electron chi connectivity index (χ3n) is 4.26. The Labute approximate surface area is 122 Å². The molecule has 0 bridgehead atoms. The van der Waals surface area contributed by atoms with Crippen molar-refractivity contribution >= 4 is 0 Å². The smallest absolute Gasteiger partial charge is 0.124 e. The summed E-state index contributed by atoms with van der Waals surface area (Å²) in [4.78, 5) is 0. The Kier molecular flexibility index (Phi) is 5.30. The molecular formula is C17H27NO2. The second-order valence-electron chi connectivity index (χ2n) is 5.69. The van der Waals surface area contributed by atoms with Crippen molar-refractivity contribution in [1.82, 2.24) is 5.32 Å². The van der Waals surface area contributed by atoms with Crippen LogP contribution in [-0.4, -0.2) is 19.8 Å². The zero-order chi connectivity index (χ0) is 14.5. The van der Waals surface area contributed by atoms with Gasteiger partial charge in [-0.1, -0.05) is 27.2 Å². The lowest BCUT2D eigenvalue weighted by molar-refractivity contribution is 0.0978. The number of ether oxygens (including phenoxy) is 2. The molecule has 3 nitrogen and oxygen atoms in total. The van der Waals surface area contributed by atoms with E-state index >= 15 is 0 Å². The van der Waals surface area contributed by atoms with Crippen molar-refractivity contribution in [3.05, 3.63) is 23.8 Å². The normalized spacial score (nSPS) is 22.8. The molecule has 112 valence electrons. The van der Waals surface area contributed by atoms with Crippen molar-refractivity contribution in [2.45, 2.75) is 52.2 Å². The molecule has 1 aliphatic heterocycles. The van der Waals surface area contributed by atoms with E-state index < -0.39 is 0 Å². The zero-order valence-corrected chi connectivity index (χ0v) is 13.1. The molecule has 1 aliphatic rings. The lowest BCUT2D eigenvalue weighted by atomic mass is 9.89. The zero-order valence-electron chi connectivity index (χ0n) is 13.1. The number of fused-ring (bicyclic) bond motifs is 1. The summed E-state index contributed by atoms with van der Waals surface area (Å²) in [5, 5.41) is 3.65. The van der Waals surface area contributed by atoms with Crippen LogP contribution in [0.15, 0.2) is 18.2 Å². The first-order chi connectivity index (χ1) is 9.69. The molecule has 0 spiro atoms. The van der Waals surface area contributed by atoms with Crippen molar-refractivity contribution in [1.29, 1.82) is 0 Å². The second kappa shape index (κ2) is 6.98. The Hall–Kier alpha value is -1.22. The first-order valence-electron chi connectivity index (χ1n) is 7.77. The van der Waals surface area contributed by atoms with Crippen LogP contribution in [-0.2, 0) is 0 Å². The molecule has 3 heteroatoms. The summed E-state index contributed by atoms with van der Waals surface area (Å²) in [6, 6.07) is 6.50. The predicted octanol–water partition coefficient (Wildman–Crippen LogP) is 3.93. The van der Waals surface area contributed by atoms with Gasteiger partial charge in [0.25, 0.3) is 0 Å². The summed E-state index contributed by atoms with van der Waals surface area (Å²) >= 11 is 0. The molecule has 1 aromatic carbocycles. The maximum atomic E-state index is 6.20. The molecule has 0 amide bonds. The largest absolute Gasteiger partial charge is 0.497 e. The minimum Gasteiger partial charge on any atom is -0.497 e. The van der Waals surface area contributed by atoms with Crippen LogP contribution in [0.25, 0.3) is 0 Å². The average Bonchev–Trinajstić information content (AvgIpc) is 2.50. The van der Waals surface area contributed by atoms with E-state index in [9.17, 15) is 0 Å². The molecule has 0 saturated heterocycles. The molecule has 2 rings (SSSR count). The van der Waals surface area contributed by atoms with E-state index in [4.69, 9.17) is 9.47 Å². The van der Waals surface area contributed by atoms with Crippen LogP contribution >= 0.6 is 0 Å². The number of hydrogen-bond acceptors (Lipinski definition) is 3. The standard InChI is InChI=1S/C17H27NO2/c1-5-9-18-15-11-17(12(3)6-2)20-16-8-7-13(19-4)10-14(15)16/h7-8,10,12,15,17-18H,5-6,9,11H2,1-4H3. The molecule has 0 radical (unpaired) electrons. The van der Waals surface area contributed by atoms with Gasteiger partial charge in [-0.05, 0) is 37.1 Å². The maximum Gasteiger partial charge on any atom is 0.124 e. The van der Waals surface area contributed by atoms with Gasteiger partial charge in [-0.25, -0.2) is 0 Å². The highest BCUT2D eigenvalue weighted by Gasteiger charge is 2.30. The molecule has 1 aromatic rings. The average molecular weight is 277 g/mol. The number of methoxy groups -OCH3 is 1. The third-order valence-corrected chi connectivity index (χ3v) is 4.26. The Balaban J connectivity index is 2.25. The third kappa shape index (κ3) is 3.26. The highest BCUT2D eigenvalue weighted by Crippen LogP contribution is 2.39. The van der Waals surface area contributed by atoms with Crippen LogP contribution < -0.4 is 14.8 Å². The topological polar surface area (TPSA) is 30.5 Å². The van der Waals surface area contributed by atoms with Gasteiger partial charge in [-0.15, -0.1) is 0 Å². The highest BCUT2D eigenvalue weighted by atomic mass is 16.5. The van der Waals surface area contributed by atoms with E-state index in [1.807, 2.05) is 12.1 Å². The molecule has 0 saturated carbocycles. The van der Waals surface area contributed by atoms with E-state index in [2.05, 4.69) is 32.2 Å². The molecule has 0 aliphatic carbocycles. The van der Waals surface area contributed by atoms with Gasteiger partial charge in [0.1, 0.15) is 17.6 Å². The quantitative estimate of drug-likeness (QED) is 0.854. The fourth-order valence-electron chi connectivity index (χ4n) is 2.73. The summed E-state index contributed by atoms with van der Waals surface area (Å²) in [6.45, 7) is 7.74. The molecule has 1 heterocycles. The van der Waals surface area contributed by atoms with Gasteiger partial charge in [-0.3, -0.25) is 0 Å². The van der Waals surface area contributed by atoms with Crippen LogP contribution in [0.5, 0.6) is 11.5 Å². The number of rotatable bonds is 6. The van der Waals surface area contributed by atoms with E-state index in [0.29, 0.717) is 18.1 Å². The molecule has 20 heavy (non-hydrogen) atoms. The van der Waals surface area contributed by atoms with Crippen LogP contribution in [0.4, 0.5) is 0 Å². The van der Waals surface area contributed by atoms with Crippen LogP contribution in [0.2, 0.25) is 0 Å². The first-order valence-corrected chi connectivity index (χ1v) is 7.77. The minimum atomic E-state index is 0.301. The fourth-order valence-corrected chi connectivity index (χ4v) is 2.73. The van der Waals surface area contributed by atoms with E-state index in [-0.39, 0.29) is 0 Å². The van der Waals surface area contributed by atoms with Crippen molar-refractivity contribution in [2.75, 3.05) is 13.7 Å². The molecule has 0 fully saturated rings. The lowest BCUT2D eigenvalue weighted by Gasteiger charge is -2.35. The van der Waals surface area contributed by atoms with Gasteiger partial charge < -0.3 is 14.8 Å². The molecular weight excluding hydrogens is 250 g/mol. The van der Waals surface area contributed by atoms with Crippen molar-refractivity contribution in [2.24, 2.45) is 5.92 Å². The lowest BCUT2D eigenvalue weighted by Crippen LogP contribution is -2.36. The fraction of sp³-hybridized carbons (Fsp3) is 0.647. The van der Waals surface area contributed by atoms with Crippen molar-refractivity contribution in [3.8, 4) is 11.5 Å². The van der Waals surface area contributed by atoms with Crippen molar-refractivity contribution < 1.29 is 9.47 Å². The van der Waals surface area contributed by atoms with Crippen LogP contribution in [0.3, 0.4) is 0 Å². The van der Waals surface area contributed by atoms with E-state index in [0.717, 1.165) is 37.3 Å². The number of hydrogen-bond donors (Lipinski definition) is 1. The first kappa shape index (κ1) is 15.2. The molecule has 0 aromatic heterocycles. The summed E-state index contributed by atoms with van der Waals surface area (Å²) in [5.41, 5.74) is 1.23. The monoisotopic (exact) mass is 277 g/mol. The number of benzene rings is 1. The van der Waals surface area contributed by atoms with Crippen molar-refractivity contribution in [3.63, 3.8) is 0 Å². The molecule has 3 unspecified atom stereocenters. The summed E-state index contributed by atoms with van der Waals surface area (Å²) in [5.74, 6) is 2.49. The van der Waals surface area contributed by atoms with E-state index in [1.54, 1.807) is 7.11 Å². The highest BCUT2D eigenvalue weighted by molar-refractivity contribution is 5.43. The van der Waals surface area contributed by atoms with Crippen LogP contribution in [0.1, 0.15) is 51.6 Å². The molecule has 1 N–H and O–H groups in total.